The highest BCUT2D eigenvalue weighted by atomic mass is 35.5. The third-order valence-electron chi connectivity index (χ3n) is 3.83. The molecule has 1 amide bonds. The van der Waals surface area contributed by atoms with Crippen LogP contribution in [0, 0.1) is 0 Å². The van der Waals surface area contributed by atoms with Gasteiger partial charge in [-0.15, -0.1) is 0 Å². The number of hydrogen-bond donors (Lipinski definition) is 1. The number of hydrogen-bond acceptors (Lipinski definition) is 3. The summed E-state index contributed by atoms with van der Waals surface area (Å²) in [5.74, 6) is -0.0226. The number of nitrogens with zero attached hydrogens (tertiary/aromatic N) is 2. The standard InChI is InChI=1S/C17H17Cl2N3O/c18-12-4-5-14(19)15(10-12)21-13-6-7-20-16(11-13)17(23)22-8-2-1-3-9-22/h4-7,10-11H,1-3,8-9H2,(H,20,21). The second-order valence-corrected chi connectivity index (χ2v) is 6.38. The van der Waals surface area contributed by atoms with Gasteiger partial charge in [0.1, 0.15) is 5.69 Å². The number of amides is 1. The SMILES string of the molecule is O=C(c1cc(Nc2cc(Cl)ccc2Cl)ccn1)N1CCCCC1. The number of carbonyl (C=O) groups is 1. The van der Waals surface area contributed by atoms with Gasteiger partial charge in [-0.2, -0.15) is 0 Å². The first-order valence-corrected chi connectivity index (χ1v) is 8.36. The fraction of sp³-hybridized carbons (Fsp3) is 0.294. The van der Waals surface area contributed by atoms with E-state index in [4.69, 9.17) is 23.2 Å². The molecule has 1 aliphatic rings. The van der Waals surface area contributed by atoms with Gasteiger partial charge < -0.3 is 10.2 Å². The van der Waals surface area contributed by atoms with E-state index in [2.05, 4.69) is 10.3 Å². The Kier molecular flexibility index (Phi) is 5.03. The fourth-order valence-corrected chi connectivity index (χ4v) is 2.97. The summed E-state index contributed by atoms with van der Waals surface area (Å²) in [5, 5.41) is 4.34. The zero-order chi connectivity index (χ0) is 16.2. The van der Waals surface area contributed by atoms with Gasteiger partial charge >= 0.3 is 0 Å². The Morgan fingerprint density at radius 3 is 2.65 bits per heavy atom. The van der Waals surface area contributed by atoms with E-state index in [1.54, 1.807) is 36.5 Å². The van der Waals surface area contributed by atoms with Gasteiger partial charge in [-0.1, -0.05) is 23.2 Å². The Morgan fingerprint density at radius 1 is 1.09 bits per heavy atom. The van der Waals surface area contributed by atoms with E-state index in [-0.39, 0.29) is 5.91 Å². The first kappa shape index (κ1) is 16.1. The van der Waals surface area contributed by atoms with Crippen LogP contribution in [0.4, 0.5) is 11.4 Å². The second kappa shape index (κ2) is 7.20. The molecule has 0 unspecified atom stereocenters. The number of likely N-dealkylation sites (tertiary alicyclic amines) is 1. The van der Waals surface area contributed by atoms with Crippen molar-refractivity contribution in [1.82, 2.24) is 9.88 Å². The molecule has 2 aromatic rings. The highest BCUT2D eigenvalue weighted by Gasteiger charge is 2.19. The Balaban J connectivity index is 1.79. The molecule has 6 heteroatoms. The number of aromatic nitrogens is 1. The monoisotopic (exact) mass is 349 g/mol. The Morgan fingerprint density at radius 2 is 1.87 bits per heavy atom. The van der Waals surface area contributed by atoms with Crippen molar-refractivity contribution in [3.05, 3.63) is 52.3 Å². The van der Waals surface area contributed by atoms with E-state index in [0.29, 0.717) is 21.4 Å². The molecule has 1 aliphatic heterocycles. The summed E-state index contributed by atoms with van der Waals surface area (Å²) in [4.78, 5) is 18.6. The van der Waals surface area contributed by atoms with Gasteiger partial charge in [0.2, 0.25) is 0 Å². The maximum Gasteiger partial charge on any atom is 0.272 e. The third kappa shape index (κ3) is 3.95. The predicted octanol–water partition coefficient (Wildman–Crippen LogP) is 4.76. The van der Waals surface area contributed by atoms with E-state index in [1.807, 2.05) is 4.90 Å². The number of benzene rings is 1. The first-order chi connectivity index (χ1) is 11.1. The van der Waals surface area contributed by atoms with Crippen LogP contribution in [-0.2, 0) is 0 Å². The molecular formula is C17H17Cl2N3O. The van der Waals surface area contributed by atoms with Crippen molar-refractivity contribution in [3.63, 3.8) is 0 Å². The number of halogens is 2. The average Bonchev–Trinajstić information content (AvgIpc) is 2.58. The summed E-state index contributed by atoms with van der Waals surface area (Å²) in [6.45, 7) is 1.61. The van der Waals surface area contributed by atoms with Crippen LogP contribution >= 0.6 is 23.2 Å². The van der Waals surface area contributed by atoms with Crippen LogP contribution in [-0.4, -0.2) is 28.9 Å². The molecule has 120 valence electrons. The summed E-state index contributed by atoms with van der Waals surface area (Å²) in [7, 11) is 0. The second-order valence-electron chi connectivity index (χ2n) is 5.53. The average molecular weight is 350 g/mol. The highest BCUT2D eigenvalue weighted by Crippen LogP contribution is 2.28. The minimum atomic E-state index is -0.0226. The lowest BCUT2D eigenvalue weighted by molar-refractivity contribution is 0.0718. The molecule has 0 atom stereocenters. The molecule has 2 heterocycles. The predicted molar refractivity (Wildman–Crippen MR) is 93.7 cm³/mol. The molecule has 1 aromatic heterocycles. The first-order valence-electron chi connectivity index (χ1n) is 7.61. The summed E-state index contributed by atoms with van der Waals surface area (Å²) in [5.41, 5.74) is 1.89. The molecular weight excluding hydrogens is 333 g/mol. The number of rotatable bonds is 3. The van der Waals surface area contributed by atoms with E-state index in [0.717, 1.165) is 31.6 Å². The molecule has 0 radical (unpaired) electrons. The van der Waals surface area contributed by atoms with Crippen molar-refractivity contribution in [2.75, 3.05) is 18.4 Å². The van der Waals surface area contributed by atoms with Crippen LogP contribution in [0.1, 0.15) is 29.8 Å². The minimum Gasteiger partial charge on any atom is -0.354 e. The van der Waals surface area contributed by atoms with E-state index < -0.39 is 0 Å². The van der Waals surface area contributed by atoms with E-state index in [1.165, 1.54) is 6.42 Å². The third-order valence-corrected chi connectivity index (χ3v) is 4.39. The molecule has 0 bridgehead atoms. The van der Waals surface area contributed by atoms with Crippen LogP contribution in [0.15, 0.2) is 36.5 Å². The maximum absolute atomic E-state index is 12.5. The molecule has 23 heavy (non-hydrogen) atoms. The number of piperidine rings is 1. The highest BCUT2D eigenvalue weighted by molar-refractivity contribution is 6.35. The molecule has 1 aromatic carbocycles. The van der Waals surface area contributed by atoms with Gasteiger partial charge in [-0.05, 0) is 49.6 Å². The van der Waals surface area contributed by atoms with Gasteiger partial charge in [0, 0.05) is 30.0 Å². The lowest BCUT2D eigenvalue weighted by Gasteiger charge is -2.26. The molecule has 0 spiro atoms. The van der Waals surface area contributed by atoms with Crippen LogP contribution in [0.25, 0.3) is 0 Å². The summed E-state index contributed by atoms with van der Waals surface area (Å²) < 4.78 is 0. The van der Waals surface area contributed by atoms with Crippen LogP contribution in [0.2, 0.25) is 10.0 Å². The van der Waals surface area contributed by atoms with Gasteiger partial charge in [0.05, 0.1) is 10.7 Å². The zero-order valence-electron chi connectivity index (χ0n) is 12.6. The van der Waals surface area contributed by atoms with Crippen molar-refractivity contribution in [2.45, 2.75) is 19.3 Å². The quantitative estimate of drug-likeness (QED) is 0.868. The van der Waals surface area contributed by atoms with E-state index >= 15 is 0 Å². The number of pyridine rings is 1. The summed E-state index contributed by atoms with van der Waals surface area (Å²) in [6.07, 6.45) is 4.92. The van der Waals surface area contributed by atoms with Gasteiger partial charge in [-0.3, -0.25) is 9.78 Å². The van der Waals surface area contributed by atoms with Crippen LogP contribution in [0.3, 0.4) is 0 Å². The molecule has 0 saturated carbocycles. The van der Waals surface area contributed by atoms with Gasteiger partial charge in [-0.25, -0.2) is 0 Å². The van der Waals surface area contributed by atoms with Gasteiger partial charge in [0.15, 0.2) is 0 Å². The minimum absolute atomic E-state index is 0.0226. The lowest BCUT2D eigenvalue weighted by Crippen LogP contribution is -2.36. The molecule has 1 saturated heterocycles. The summed E-state index contributed by atoms with van der Waals surface area (Å²) >= 11 is 12.2. The topological polar surface area (TPSA) is 45.2 Å². The molecule has 1 N–H and O–H groups in total. The number of anilines is 2. The van der Waals surface area contributed by atoms with Gasteiger partial charge in [0.25, 0.3) is 5.91 Å². The van der Waals surface area contributed by atoms with Crippen molar-refractivity contribution >= 4 is 40.5 Å². The largest absolute Gasteiger partial charge is 0.354 e. The molecule has 4 nitrogen and oxygen atoms in total. The Hall–Kier alpha value is -1.78. The lowest BCUT2D eigenvalue weighted by atomic mass is 10.1. The van der Waals surface area contributed by atoms with Crippen LogP contribution in [0.5, 0.6) is 0 Å². The smallest absolute Gasteiger partial charge is 0.272 e. The van der Waals surface area contributed by atoms with Crippen molar-refractivity contribution < 1.29 is 4.79 Å². The maximum atomic E-state index is 12.5. The molecule has 1 fully saturated rings. The number of carbonyl (C=O) groups excluding carboxylic acids is 1. The zero-order valence-corrected chi connectivity index (χ0v) is 14.1. The Bertz CT molecular complexity index is 715. The fourth-order valence-electron chi connectivity index (χ4n) is 2.63. The Labute approximate surface area is 145 Å². The molecule has 0 aliphatic carbocycles. The summed E-state index contributed by atoms with van der Waals surface area (Å²) in [6, 6.07) is 8.75. The number of nitrogens with one attached hydrogen (secondary N) is 1. The van der Waals surface area contributed by atoms with Crippen molar-refractivity contribution in [3.8, 4) is 0 Å². The van der Waals surface area contributed by atoms with Crippen LogP contribution < -0.4 is 5.32 Å². The molecule has 3 rings (SSSR count). The normalized spacial score (nSPS) is 14.6. The van der Waals surface area contributed by atoms with E-state index in [9.17, 15) is 4.79 Å². The van der Waals surface area contributed by atoms with Crippen molar-refractivity contribution in [2.24, 2.45) is 0 Å². The van der Waals surface area contributed by atoms with Crippen molar-refractivity contribution in [1.29, 1.82) is 0 Å².